The molecule has 0 aromatic carbocycles. The number of pyridine rings is 1. The van der Waals surface area contributed by atoms with Crippen LogP contribution in [0.4, 0.5) is 0 Å². The first-order valence-corrected chi connectivity index (χ1v) is 6.67. The lowest BCUT2D eigenvalue weighted by molar-refractivity contribution is 0.0329. The van der Waals surface area contributed by atoms with Crippen LogP contribution in [0, 0.1) is 6.92 Å². The number of carboxylic acids is 1. The Morgan fingerprint density at radius 1 is 1.40 bits per heavy atom. The Morgan fingerprint density at radius 3 is 2.85 bits per heavy atom. The van der Waals surface area contributed by atoms with E-state index in [0.29, 0.717) is 25.3 Å². The van der Waals surface area contributed by atoms with Crippen LogP contribution in [-0.4, -0.2) is 51.7 Å². The van der Waals surface area contributed by atoms with Crippen molar-refractivity contribution in [1.82, 2.24) is 14.3 Å². The fraction of sp³-hybridized carbons (Fsp3) is 0.429. The van der Waals surface area contributed by atoms with Crippen molar-refractivity contribution in [3.8, 4) is 0 Å². The number of aromatic nitrogens is 2. The Labute approximate surface area is 116 Å². The average molecular weight is 275 g/mol. The summed E-state index contributed by atoms with van der Waals surface area (Å²) in [4.78, 5) is 17.9. The molecule has 1 saturated heterocycles. The van der Waals surface area contributed by atoms with Crippen LogP contribution in [0.1, 0.15) is 22.0 Å². The predicted molar refractivity (Wildman–Crippen MR) is 73.0 cm³/mol. The highest BCUT2D eigenvalue weighted by atomic mass is 16.5. The molecular weight excluding hydrogens is 258 g/mol. The van der Waals surface area contributed by atoms with Gasteiger partial charge in [-0.2, -0.15) is 0 Å². The first kappa shape index (κ1) is 13.1. The summed E-state index contributed by atoms with van der Waals surface area (Å²) in [5.74, 6) is -0.210. The average Bonchev–Trinajstić information content (AvgIpc) is 2.80. The van der Waals surface area contributed by atoms with Gasteiger partial charge in [0.25, 0.3) is 0 Å². The highest BCUT2D eigenvalue weighted by Gasteiger charge is 2.20. The topological polar surface area (TPSA) is 67.1 Å². The summed E-state index contributed by atoms with van der Waals surface area (Å²) in [7, 11) is 0. The number of morpholine rings is 1. The maximum Gasteiger partial charge on any atom is 0.356 e. The summed E-state index contributed by atoms with van der Waals surface area (Å²) < 4.78 is 7.26. The van der Waals surface area contributed by atoms with Gasteiger partial charge in [0.15, 0.2) is 5.69 Å². The van der Waals surface area contributed by atoms with Gasteiger partial charge in [0.05, 0.1) is 25.3 Å². The van der Waals surface area contributed by atoms with E-state index in [2.05, 4.69) is 9.88 Å². The fourth-order valence-corrected chi connectivity index (χ4v) is 2.60. The summed E-state index contributed by atoms with van der Waals surface area (Å²) >= 11 is 0. The van der Waals surface area contributed by atoms with Crippen molar-refractivity contribution in [2.24, 2.45) is 0 Å². The molecular formula is C14H17N3O3. The Bertz CT molecular complexity index is 644. The Hall–Kier alpha value is -1.92. The molecule has 1 N–H and O–H groups in total. The van der Waals surface area contributed by atoms with Crippen LogP contribution in [0.15, 0.2) is 18.2 Å². The molecule has 106 valence electrons. The molecule has 0 aliphatic carbocycles. The molecule has 20 heavy (non-hydrogen) atoms. The largest absolute Gasteiger partial charge is 0.476 e. The van der Waals surface area contributed by atoms with Crippen LogP contribution in [0.2, 0.25) is 0 Å². The van der Waals surface area contributed by atoms with Crippen LogP contribution in [-0.2, 0) is 11.3 Å². The summed E-state index contributed by atoms with van der Waals surface area (Å²) in [6.45, 7) is 5.74. The summed E-state index contributed by atoms with van der Waals surface area (Å²) in [6, 6.07) is 5.62. The molecule has 6 nitrogen and oxygen atoms in total. The minimum absolute atomic E-state index is 0.122. The van der Waals surface area contributed by atoms with Gasteiger partial charge in [-0.15, -0.1) is 0 Å². The summed E-state index contributed by atoms with van der Waals surface area (Å²) in [5, 5.41) is 9.28. The summed E-state index contributed by atoms with van der Waals surface area (Å²) in [6.07, 6.45) is 0. The van der Waals surface area contributed by atoms with E-state index in [-0.39, 0.29) is 5.69 Å². The third-order valence-corrected chi connectivity index (χ3v) is 3.60. The number of nitrogens with zero attached hydrogens (tertiary/aromatic N) is 3. The third kappa shape index (κ3) is 2.28. The molecule has 3 rings (SSSR count). The fourth-order valence-electron chi connectivity index (χ4n) is 2.60. The number of aromatic carboxylic acids is 1. The van der Waals surface area contributed by atoms with Crippen LogP contribution < -0.4 is 0 Å². The van der Waals surface area contributed by atoms with Crippen molar-refractivity contribution < 1.29 is 14.6 Å². The molecule has 0 radical (unpaired) electrons. The molecule has 0 unspecified atom stereocenters. The second-order valence-electron chi connectivity index (χ2n) is 4.96. The van der Waals surface area contributed by atoms with Gasteiger partial charge in [-0.05, 0) is 19.1 Å². The van der Waals surface area contributed by atoms with E-state index in [1.807, 2.05) is 23.5 Å². The van der Waals surface area contributed by atoms with Crippen molar-refractivity contribution in [2.45, 2.75) is 13.5 Å². The van der Waals surface area contributed by atoms with Gasteiger partial charge in [0.1, 0.15) is 5.82 Å². The van der Waals surface area contributed by atoms with E-state index < -0.39 is 5.97 Å². The van der Waals surface area contributed by atoms with Crippen LogP contribution in [0.25, 0.3) is 5.52 Å². The lowest BCUT2D eigenvalue weighted by Gasteiger charge is -2.26. The second-order valence-corrected chi connectivity index (χ2v) is 4.96. The van der Waals surface area contributed by atoms with Gasteiger partial charge in [0.2, 0.25) is 0 Å². The van der Waals surface area contributed by atoms with Crippen molar-refractivity contribution in [3.05, 3.63) is 35.4 Å². The highest BCUT2D eigenvalue weighted by molar-refractivity contribution is 5.93. The van der Waals surface area contributed by atoms with E-state index in [1.165, 1.54) is 0 Å². The van der Waals surface area contributed by atoms with Gasteiger partial charge >= 0.3 is 5.97 Å². The molecule has 6 heteroatoms. The first-order chi connectivity index (χ1) is 9.66. The molecule has 0 amide bonds. The van der Waals surface area contributed by atoms with Crippen molar-refractivity contribution in [2.75, 3.05) is 26.3 Å². The Kier molecular flexibility index (Phi) is 3.42. The van der Waals surface area contributed by atoms with Crippen LogP contribution >= 0.6 is 0 Å². The third-order valence-electron chi connectivity index (χ3n) is 3.60. The van der Waals surface area contributed by atoms with Gasteiger partial charge in [-0.3, -0.25) is 9.30 Å². The van der Waals surface area contributed by atoms with E-state index >= 15 is 0 Å². The zero-order valence-corrected chi connectivity index (χ0v) is 11.4. The van der Waals surface area contributed by atoms with E-state index in [9.17, 15) is 9.90 Å². The second kappa shape index (κ2) is 5.22. The van der Waals surface area contributed by atoms with E-state index in [4.69, 9.17) is 4.74 Å². The van der Waals surface area contributed by atoms with Crippen molar-refractivity contribution >= 4 is 11.5 Å². The SMILES string of the molecule is Cc1cccc2c(C(=O)O)nc(CN3CCOCC3)n12. The standard InChI is InChI=1S/C14H17N3O3/c1-10-3-2-4-11-13(14(18)19)15-12(17(10)11)9-16-5-7-20-8-6-16/h2-4H,5-9H2,1H3,(H,18,19). The number of carbonyl (C=O) groups is 1. The van der Waals surface area contributed by atoms with Gasteiger partial charge in [-0.1, -0.05) is 6.07 Å². The number of carboxylic acid groups (broad SMARTS) is 1. The number of hydrogen-bond acceptors (Lipinski definition) is 4. The van der Waals surface area contributed by atoms with Crippen LogP contribution in [0.5, 0.6) is 0 Å². The molecule has 0 bridgehead atoms. The minimum atomic E-state index is -0.985. The lowest BCUT2D eigenvalue weighted by Crippen LogP contribution is -2.36. The molecule has 1 aliphatic heterocycles. The Balaban J connectivity index is 2.03. The molecule has 2 aromatic rings. The van der Waals surface area contributed by atoms with Gasteiger partial charge in [0, 0.05) is 18.8 Å². The number of rotatable bonds is 3. The Morgan fingerprint density at radius 2 is 2.15 bits per heavy atom. The minimum Gasteiger partial charge on any atom is -0.476 e. The first-order valence-electron chi connectivity index (χ1n) is 6.67. The molecule has 1 fully saturated rings. The highest BCUT2D eigenvalue weighted by Crippen LogP contribution is 2.17. The molecule has 3 heterocycles. The normalized spacial score (nSPS) is 16.6. The van der Waals surface area contributed by atoms with Crippen LogP contribution in [0.3, 0.4) is 0 Å². The number of hydrogen-bond donors (Lipinski definition) is 1. The summed E-state index contributed by atoms with van der Waals surface area (Å²) in [5.41, 5.74) is 1.77. The predicted octanol–water partition coefficient (Wildman–Crippen LogP) is 1.17. The van der Waals surface area contributed by atoms with E-state index in [1.54, 1.807) is 6.07 Å². The van der Waals surface area contributed by atoms with Gasteiger partial charge in [-0.25, -0.2) is 9.78 Å². The zero-order valence-electron chi connectivity index (χ0n) is 11.4. The smallest absolute Gasteiger partial charge is 0.356 e. The van der Waals surface area contributed by atoms with Gasteiger partial charge < -0.3 is 9.84 Å². The number of imidazole rings is 1. The molecule has 0 atom stereocenters. The van der Waals surface area contributed by atoms with Crippen molar-refractivity contribution in [3.63, 3.8) is 0 Å². The lowest BCUT2D eigenvalue weighted by atomic mass is 10.3. The molecule has 2 aromatic heterocycles. The maximum atomic E-state index is 11.3. The molecule has 0 spiro atoms. The quantitative estimate of drug-likeness (QED) is 0.911. The molecule has 1 aliphatic rings. The number of aryl methyl sites for hydroxylation is 1. The number of ether oxygens (including phenoxy) is 1. The van der Waals surface area contributed by atoms with Crippen molar-refractivity contribution in [1.29, 1.82) is 0 Å². The molecule has 0 saturated carbocycles. The maximum absolute atomic E-state index is 11.3. The zero-order chi connectivity index (χ0) is 14.1. The number of fused-ring (bicyclic) bond motifs is 1. The van der Waals surface area contributed by atoms with E-state index in [0.717, 1.165) is 24.6 Å². The monoisotopic (exact) mass is 275 g/mol.